The van der Waals surface area contributed by atoms with Gasteiger partial charge in [0.1, 0.15) is 0 Å². The quantitative estimate of drug-likeness (QED) is 0.324. The second-order valence-corrected chi connectivity index (χ2v) is 7.80. The standard InChI is InChI=1S/C22H33N5O.ClH/c1-2-3-4-5-6-7-8-9-10-17-11-13-18(14-12-17)20-25-21(28-26-20)19-15-16-27(19)22(23)24;/h11-14,19H,2-10,15-16H2,1H3,(H3,23,24);1H/t19-;/m0./s1. The first-order chi connectivity index (χ1) is 13.7. The van der Waals surface area contributed by atoms with Crippen LogP contribution in [0.1, 0.15) is 82.2 Å². The predicted molar refractivity (Wildman–Crippen MR) is 112 cm³/mol. The van der Waals surface area contributed by atoms with Crippen LogP contribution in [-0.2, 0) is 6.42 Å². The zero-order valence-corrected chi connectivity index (χ0v) is 18.2. The van der Waals surface area contributed by atoms with Crippen molar-refractivity contribution in [2.45, 2.75) is 77.2 Å². The molecule has 4 N–H and O–H groups in total. The van der Waals surface area contributed by atoms with Gasteiger partial charge in [-0.25, -0.2) is 0 Å². The number of rotatable bonds is 11. The number of hydrogen-bond acceptors (Lipinski definition) is 3. The SMILES string of the molecule is CCCCCCCCCCc1ccc(-c2noc([C@@H]3CC[N+]3=C(N)N)n2)cc1.[Cl-]. The fraction of sp³-hybridized carbons (Fsp3) is 0.591. The minimum atomic E-state index is 0. The van der Waals surface area contributed by atoms with E-state index in [1.807, 2.05) is 4.58 Å². The normalized spacial score (nSPS) is 15.6. The summed E-state index contributed by atoms with van der Waals surface area (Å²) in [6, 6.07) is 8.52. The summed E-state index contributed by atoms with van der Waals surface area (Å²) in [7, 11) is 0. The summed E-state index contributed by atoms with van der Waals surface area (Å²) in [5.74, 6) is 1.51. The number of nitrogens with zero attached hydrogens (tertiary/aromatic N) is 3. The van der Waals surface area contributed by atoms with E-state index in [-0.39, 0.29) is 18.4 Å². The number of benzene rings is 1. The number of hydrogen-bond donors (Lipinski definition) is 2. The first kappa shape index (κ1) is 23.2. The average Bonchev–Trinajstić information content (AvgIpc) is 3.12. The zero-order chi connectivity index (χ0) is 19.8. The molecule has 0 aliphatic carbocycles. The van der Waals surface area contributed by atoms with Crippen molar-refractivity contribution in [1.29, 1.82) is 0 Å². The first-order valence-electron chi connectivity index (χ1n) is 10.8. The Bertz CT molecular complexity index is 768. The summed E-state index contributed by atoms with van der Waals surface area (Å²) in [5.41, 5.74) is 13.7. The van der Waals surface area contributed by atoms with Gasteiger partial charge in [-0.2, -0.15) is 4.98 Å². The van der Waals surface area contributed by atoms with Gasteiger partial charge in [0, 0.05) is 12.0 Å². The molecule has 1 aromatic carbocycles. The van der Waals surface area contributed by atoms with Gasteiger partial charge in [0.25, 0.3) is 5.89 Å². The van der Waals surface area contributed by atoms with E-state index < -0.39 is 0 Å². The summed E-state index contributed by atoms with van der Waals surface area (Å²) >= 11 is 0. The van der Waals surface area contributed by atoms with Crippen molar-refractivity contribution < 1.29 is 21.5 Å². The molecule has 0 unspecified atom stereocenters. The highest BCUT2D eigenvalue weighted by Crippen LogP contribution is 2.29. The van der Waals surface area contributed by atoms with Gasteiger partial charge in [0.05, 0.1) is 6.54 Å². The second-order valence-electron chi connectivity index (χ2n) is 7.80. The second kappa shape index (κ2) is 11.8. The van der Waals surface area contributed by atoms with Crippen LogP contribution in [0.2, 0.25) is 0 Å². The molecule has 0 amide bonds. The van der Waals surface area contributed by atoms with Gasteiger partial charge in [-0.05, 0) is 18.4 Å². The van der Waals surface area contributed by atoms with E-state index in [0.717, 1.165) is 24.9 Å². The van der Waals surface area contributed by atoms with Crippen molar-refractivity contribution in [3.8, 4) is 11.4 Å². The van der Waals surface area contributed by atoms with Crippen LogP contribution in [0, 0.1) is 0 Å². The molecule has 6 nitrogen and oxygen atoms in total. The van der Waals surface area contributed by atoms with Gasteiger partial charge in [-0.3, -0.25) is 16.0 Å². The van der Waals surface area contributed by atoms with Crippen LogP contribution in [0.4, 0.5) is 0 Å². The van der Waals surface area contributed by atoms with E-state index >= 15 is 0 Å². The number of guanidine groups is 1. The molecular formula is C22H34ClN5O. The fourth-order valence-electron chi connectivity index (χ4n) is 3.72. The van der Waals surface area contributed by atoms with Crippen LogP contribution in [0.3, 0.4) is 0 Å². The highest BCUT2D eigenvalue weighted by Gasteiger charge is 2.35. The maximum Gasteiger partial charge on any atom is 0.341 e. The number of halogens is 1. The van der Waals surface area contributed by atoms with Crippen molar-refractivity contribution in [1.82, 2.24) is 10.1 Å². The first-order valence-corrected chi connectivity index (χ1v) is 10.8. The van der Waals surface area contributed by atoms with Gasteiger partial charge < -0.3 is 16.9 Å². The van der Waals surface area contributed by atoms with E-state index in [4.69, 9.17) is 16.0 Å². The Morgan fingerprint density at radius 3 is 2.28 bits per heavy atom. The van der Waals surface area contributed by atoms with Crippen molar-refractivity contribution in [3.63, 3.8) is 0 Å². The Kier molecular flexibility index (Phi) is 9.45. The van der Waals surface area contributed by atoms with Crippen molar-refractivity contribution in [2.24, 2.45) is 11.5 Å². The molecule has 0 spiro atoms. The van der Waals surface area contributed by atoms with E-state index in [1.165, 1.54) is 56.9 Å². The molecule has 1 aliphatic rings. The largest absolute Gasteiger partial charge is 1.00 e. The van der Waals surface area contributed by atoms with Crippen LogP contribution in [0.25, 0.3) is 11.4 Å². The van der Waals surface area contributed by atoms with Gasteiger partial charge in [0.15, 0.2) is 6.04 Å². The van der Waals surface area contributed by atoms with E-state index in [9.17, 15) is 0 Å². The van der Waals surface area contributed by atoms with Gasteiger partial charge in [0.2, 0.25) is 5.82 Å². The Morgan fingerprint density at radius 2 is 1.69 bits per heavy atom. The molecule has 1 aromatic heterocycles. The smallest absolute Gasteiger partial charge is 0.341 e. The molecule has 2 aromatic rings. The molecular weight excluding hydrogens is 386 g/mol. The molecule has 1 aliphatic heterocycles. The molecule has 0 radical (unpaired) electrons. The Morgan fingerprint density at radius 1 is 1.03 bits per heavy atom. The van der Waals surface area contributed by atoms with Gasteiger partial charge in [-0.1, -0.05) is 81.3 Å². The summed E-state index contributed by atoms with van der Waals surface area (Å²) in [6.07, 6.45) is 12.9. The maximum atomic E-state index is 5.68. The third-order valence-corrected chi connectivity index (χ3v) is 5.61. The van der Waals surface area contributed by atoms with Gasteiger partial charge in [-0.15, -0.1) is 0 Å². The lowest BCUT2D eigenvalue weighted by Crippen LogP contribution is -3.00. The third-order valence-electron chi connectivity index (χ3n) is 5.61. The summed E-state index contributed by atoms with van der Waals surface area (Å²) in [4.78, 5) is 4.54. The molecule has 1 saturated heterocycles. The molecule has 0 saturated carbocycles. The van der Waals surface area contributed by atoms with Crippen LogP contribution in [0.15, 0.2) is 28.8 Å². The molecule has 29 heavy (non-hydrogen) atoms. The number of aromatic nitrogens is 2. The Labute approximate surface area is 180 Å². The predicted octanol–water partition coefficient (Wildman–Crippen LogP) is 1.15. The fourth-order valence-corrected chi connectivity index (χ4v) is 3.72. The molecule has 0 bridgehead atoms. The molecule has 1 fully saturated rings. The van der Waals surface area contributed by atoms with Crippen LogP contribution < -0.4 is 23.9 Å². The van der Waals surface area contributed by atoms with Crippen molar-refractivity contribution in [2.75, 3.05) is 6.54 Å². The van der Waals surface area contributed by atoms with Gasteiger partial charge >= 0.3 is 5.96 Å². The summed E-state index contributed by atoms with van der Waals surface area (Å²) < 4.78 is 7.31. The minimum absolute atomic E-state index is 0. The topological polar surface area (TPSA) is 94.0 Å². The van der Waals surface area contributed by atoms with E-state index in [0.29, 0.717) is 17.7 Å². The van der Waals surface area contributed by atoms with Crippen LogP contribution in [-0.4, -0.2) is 27.2 Å². The number of unbranched alkanes of at least 4 members (excludes halogenated alkanes) is 7. The molecule has 3 rings (SSSR count). The monoisotopic (exact) mass is 419 g/mol. The Hall–Kier alpha value is -2.08. The van der Waals surface area contributed by atoms with E-state index in [1.54, 1.807) is 0 Å². The zero-order valence-electron chi connectivity index (χ0n) is 17.4. The summed E-state index contributed by atoms with van der Waals surface area (Å²) in [5, 5.41) is 4.13. The van der Waals surface area contributed by atoms with E-state index in [2.05, 4.69) is 41.3 Å². The molecule has 160 valence electrons. The molecule has 7 heteroatoms. The minimum Gasteiger partial charge on any atom is -1.00 e. The molecule has 2 heterocycles. The highest BCUT2D eigenvalue weighted by atomic mass is 35.5. The molecule has 1 atom stereocenters. The lowest BCUT2D eigenvalue weighted by molar-refractivity contribution is -0.637. The summed E-state index contributed by atoms with van der Waals surface area (Å²) in [6.45, 7) is 3.10. The Balaban J connectivity index is 0.00000300. The van der Waals surface area contributed by atoms with Crippen molar-refractivity contribution in [3.05, 3.63) is 35.7 Å². The van der Waals surface area contributed by atoms with Crippen molar-refractivity contribution >= 4 is 5.96 Å². The lowest BCUT2D eigenvalue weighted by atomic mass is 10.0. The highest BCUT2D eigenvalue weighted by molar-refractivity contribution is 5.70. The third kappa shape index (κ3) is 6.46. The van der Waals surface area contributed by atoms with Crippen LogP contribution >= 0.6 is 0 Å². The lowest BCUT2D eigenvalue weighted by Gasteiger charge is -2.26. The van der Waals surface area contributed by atoms with Crippen LogP contribution in [0.5, 0.6) is 0 Å². The maximum absolute atomic E-state index is 5.68. The number of nitrogens with two attached hydrogens (primary N) is 2. The number of aryl methyl sites for hydroxylation is 1. The average molecular weight is 420 g/mol.